The Morgan fingerprint density at radius 2 is 1.90 bits per heavy atom. The number of fused-ring (bicyclic) bond motifs is 1. The molecule has 3 aromatic rings. The van der Waals surface area contributed by atoms with Gasteiger partial charge in [0.15, 0.2) is 0 Å². The van der Waals surface area contributed by atoms with Crippen molar-refractivity contribution in [2.75, 3.05) is 19.3 Å². The number of aromatic amines is 1. The zero-order valence-corrected chi connectivity index (χ0v) is 17.3. The average molecular weight is 406 g/mol. The van der Waals surface area contributed by atoms with E-state index in [1.165, 1.54) is 41.8 Å². The van der Waals surface area contributed by atoms with Crippen molar-refractivity contribution < 1.29 is 4.39 Å². The number of nitrogens with one attached hydrogen (secondary N) is 1. The molecule has 1 aromatic carbocycles. The normalized spacial score (nSPS) is 21.8. The number of rotatable bonds is 4. The predicted octanol–water partition coefficient (Wildman–Crippen LogP) is 5.48. The van der Waals surface area contributed by atoms with E-state index in [0.717, 1.165) is 35.0 Å². The molecule has 148 valence electrons. The second-order valence-corrected chi connectivity index (χ2v) is 8.97. The van der Waals surface area contributed by atoms with Crippen LogP contribution in [0.4, 0.5) is 4.39 Å². The topological polar surface area (TPSA) is 31.9 Å². The van der Waals surface area contributed by atoms with Gasteiger partial charge in [0, 0.05) is 54.1 Å². The third-order valence-corrected chi connectivity index (χ3v) is 7.19. The molecule has 2 aromatic heterocycles. The predicted molar refractivity (Wildman–Crippen MR) is 119 cm³/mol. The van der Waals surface area contributed by atoms with Crippen molar-refractivity contribution in [3.05, 3.63) is 72.4 Å². The van der Waals surface area contributed by atoms with Crippen LogP contribution in [0.1, 0.15) is 18.4 Å². The average Bonchev–Trinajstić information content (AvgIpc) is 3.38. The zero-order valence-electron chi connectivity index (χ0n) is 16.4. The Labute approximate surface area is 175 Å². The summed E-state index contributed by atoms with van der Waals surface area (Å²) >= 11 is 1.99. The molecule has 4 heterocycles. The maximum Gasteiger partial charge on any atom is 0.123 e. The Bertz CT molecular complexity index is 1030. The quantitative estimate of drug-likeness (QED) is 0.624. The zero-order chi connectivity index (χ0) is 19.8. The highest BCUT2D eigenvalue weighted by Gasteiger charge is 2.34. The molecule has 29 heavy (non-hydrogen) atoms. The molecule has 5 rings (SSSR count). The molecule has 0 bridgehead atoms. The van der Waals surface area contributed by atoms with E-state index in [4.69, 9.17) is 0 Å². The van der Waals surface area contributed by atoms with Gasteiger partial charge in [-0.15, -0.1) is 0 Å². The second kappa shape index (κ2) is 7.81. The van der Waals surface area contributed by atoms with E-state index in [1.807, 2.05) is 36.3 Å². The third kappa shape index (κ3) is 3.53. The molecule has 5 heteroatoms. The first-order chi connectivity index (χ1) is 14.2. The van der Waals surface area contributed by atoms with E-state index in [1.54, 1.807) is 0 Å². The van der Waals surface area contributed by atoms with Crippen LogP contribution >= 0.6 is 11.8 Å². The van der Waals surface area contributed by atoms with Crippen LogP contribution in [0.2, 0.25) is 0 Å². The molecule has 2 atom stereocenters. The number of H-pyrrole nitrogens is 1. The fourth-order valence-corrected chi connectivity index (χ4v) is 5.42. The molecule has 2 aliphatic heterocycles. The Hall–Kier alpha value is -2.37. The SMILES string of the molecule is CS[C@H]1C[C@H]2CC(c3c[nH]c(-c4ccc(F)cc4)c3-c3ccncc3)=CCN2C1. The number of nitrogens with zero attached hydrogens (tertiary/aromatic N) is 2. The van der Waals surface area contributed by atoms with Crippen LogP contribution in [0.5, 0.6) is 0 Å². The summed E-state index contributed by atoms with van der Waals surface area (Å²) in [5, 5.41) is 0.744. The van der Waals surface area contributed by atoms with Crippen LogP contribution in [-0.2, 0) is 0 Å². The van der Waals surface area contributed by atoms with Crippen molar-refractivity contribution in [2.24, 2.45) is 0 Å². The highest BCUT2D eigenvalue weighted by Crippen LogP contribution is 2.42. The Morgan fingerprint density at radius 1 is 1.10 bits per heavy atom. The van der Waals surface area contributed by atoms with Gasteiger partial charge in [0.1, 0.15) is 5.82 Å². The van der Waals surface area contributed by atoms with Gasteiger partial charge in [-0.3, -0.25) is 9.88 Å². The summed E-state index contributed by atoms with van der Waals surface area (Å²) in [7, 11) is 0. The van der Waals surface area contributed by atoms with Crippen molar-refractivity contribution >= 4 is 17.3 Å². The minimum Gasteiger partial charge on any atom is -0.360 e. The number of halogens is 1. The first kappa shape index (κ1) is 18.6. The maximum absolute atomic E-state index is 13.5. The lowest BCUT2D eigenvalue weighted by atomic mass is 9.89. The van der Waals surface area contributed by atoms with Gasteiger partial charge in [0.2, 0.25) is 0 Å². The summed E-state index contributed by atoms with van der Waals surface area (Å²) in [6.07, 6.45) is 12.7. The second-order valence-electron chi connectivity index (χ2n) is 7.83. The number of benzene rings is 1. The first-order valence-corrected chi connectivity index (χ1v) is 11.4. The van der Waals surface area contributed by atoms with Crippen LogP contribution in [-0.4, -0.2) is 45.5 Å². The number of hydrogen-bond donors (Lipinski definition) is 1. The van der Waals surface area contributed by atoms with Crippen molar-refractivity contribution in [3.63, 3.8) is 0 Å². The number of pyridine rings is 1. The van der Waals surface area contributed by atoms with E-state index in [2.05, 4.69) is 45.5 Å². The minimum atomic E-state index is -0.217. The van der Waals surface area contributed by atoms with E-state index in [0.29, 0.717) is 6.04 Å². The molecule has 2 aliphatic rings. The highest BCUT2D eigenvalue weighted by atomic mass is 32.2. The van der Waals surface area contributed by atoms with Gasteiger partial charge in [-0.25, -0.2) is 4.39 Å². The molecule has 3 nitrogen and oxygen atoms in total. The van der Waals surface area contributed by atoms with Crippen LogP contribution in [0.15, 0.2) is 61.1 Å². The van der Waals surface area contributed by atoms with Gasteiger partial charge in [0.25, 0.3) is 0 Å². The molecule has 0 aliphatic carbocycles. The summed E-state index contributed by atoms with van der Waals surface area (Å²) < 4.78 is 13.5. The Morgan fingerprint density at radius 3 is 2.66 bits per heavy atom. The van der Waals surface area contributed by atoms with Crippen molar-refractivity contribution in [2.45, 2.75) is 24.1 Å². The van der Waals surface area contributed by atoms with Crippen LogP contribution in [0.3, 0.4) is 0 Å². The smallest absolute Gasteiger partial charge is 0.123 e. The molecule has 1 saturated heterocycles. The maximum atomic E-state index is 13.5. The summed E-state index contributed by atoms with van der Waals surface area (Å²) in [4.78, 5) is 10.3. The van der Waals surface area contributed by atoms with Gasteiger partial charge in [0.05, 0.1) is 5.69 Å². The fraction of sp³-hybridized carbons (Fsp3) is 0.292. The minimum absolute atomic E-state index is 0.217. The number of thioether (sulfide) groups is 1. The molecule has 1 fully saturated rings. The molecule has 0 amide bonds. The third-order valence-electron chi connectivity index (χ3n) is 6.18. The molecular formula is C24H24FN3S. The number of hydrogen-bond acceptors (Lipinski definition) is 3. The lowest BCUT2D eigenvalue weighted by Crippen LogP contribution is -2.33. The lowest BCUT2D eigenvalue weighted by Gasteiger charge is -2.29. The van der Waals surface area contributed by atoms with Crippen molar-refractivity contribution in [1.29, 1.82) is 0 Å². The standard InChI is InChI=1S/C24H24FN3S/c1-29-21-13-20-12-18(8-11-28(20)15-21)22-14-27-24(17-2-4-19(25)5-3-17)23(22)16-6-9-26-10-7-16/h2-10,14,20-21,27H,11-13,15H2,1H3/t20-,21+/m1/s1. The van der Waals surface area contributed by atoms with E-state index >= 15 is 0 Å². The van der Waals surface area contributed by atoms with Crippen LogP contribution < -0.4 is 0 Å². The monoisotopic (exact) mass is 405 g/mol. The molecule has 1 N–H and O–H groups in total. The molecule has 0 spiro atoms. The van der Waals surface area contributed by atoms with Crippen LogP contribution in [0.25, 0.3) is 28.0 Å². The highest BCUT2D eigenvalue weighted by molar-refractivity contribution is 7.99. The van der Waals surface area contributed by atoms with Gasteiger partial charge < -0.3 is 4.98 Å². The first-order valence-electron chi connectivity index (χ1n) is 10.1. The van der Waals surface area contributed by atoms with E-state index in [-0.39, 0.29) is 5.82 Å². The van der Waals surface area contributed by atoms with E-state index < -0.39 is 0 Å². The molecule has 0 radical (unpaired) electrons. The summed E-state index contributed by atoms with van der Waals surface area (Å²) in [6, 6.07) is 11.4. The molecule has 0 unspecified atom stereocenters. The van der Waals surface area contributed by atoms with Gasteiger partial charge in [-0.05, 0) is 72.2 Å². The van der Waals surface area contributed by atoms with Crippen molar-refractivity contribution in [3.8, 4) is 22.4 Å². The number of aromatic nitrogens is 2. The molecular weight excluding hydrogens is 381 g/mol. The fourth-order valence-electron chi connectivity index (χ4n) is 4.67. The van der Waals surface area contributed by atoms with Gasteiger partial charge >= 0.3 is 0 Å². The van der Waals surface area contributed by atoms with Crippen molar-refractivity contribution in [1.82, 2.24) is 14.9 Å². The summed E-state index contributed by atoms with van der Waals surface area (Å²) in [5.41, 5.74) is 6.99. The molecule has 0 saturated carbocycles. The lowest BCUT2D eigenvalue weighted by molar-refractivity contribution is 0.275. The Balaban J connectivity index is 1.56. The Kier molecular flexibility index (Phi) is 5.02. The summed E-state index contributed by atoms with van der Waals surface area (Å²) in [6.45, 7) is 2.21. The van der Waals surface area contributed by atoms with Gasteiger partial charge in [-0.2, -0.15) is 11.8 Å². The summed E-state index contributed by atoms with van der Waals surface area (Å²) in [5.74, 6) is -0.217. The van der Waals surface area contributed by atoms with E-state index in [9.17, 15) is 4.39 Å². The largest absolute Gasteiger partial charge is 0.360 e. The van der Waals surface area contributed by atoms with Gasteiger partial charge in [-0.1, -0.05) is 6.08 Å². The van der Waals surface area contributed by atoms with Crippen LogP contribution in [0, 0.1) is 5.82 Å².